The fraction of sp³-hybridized carbons (Fsp3) is 0.211. The van der Waals surface area contributed by atoms with E-state index in [4.69, 9.17) is 9.84 Å². The van der Waals surface area contributed by atoms with Gasteiger partial charge in [0, 0.05) is 5.57 Å². The summed E-state index contributed by atoms with van der Waals surface area (Å²) in [4.78, 5) is 11.0. The van der Waals surface area contributed by atoms with Gasteiger partial charge < -0.3 is 14.6 Å². The van der Waals surface area contributed by atoms with E-state index in [2.05, 4.69) is 4.74 Å². The average Bonchev–Trinajstić information content (AvgIpc) is 2.66. The first-order chi connectivity index (χ1) is 12.7. The summed E-state index contributed by atoms with van der Waals surface area (Å²) >= 11 is 0. The Bertz CT molecular complexity index is 876. The fourth-order valence-corrected chi connectivity index (χ4v) is 2.30. The Hall–Kier alpha value is -3.03. The molecule has 0 aliphatic rings. The summed E-state index contributed by atoms with van der Waals surface area (Å²) in [5.74, 6) is -8.51. The highest BCUT2D eigenvalue weighted by atomic mass is 19.2. The van der Waals surface area contributed by atoms with Gasteiger partial charge in [-0.3, -0.25) is 0 Å². The van der Waals surface area contributed by atoms with Crippen molar-refractivity contribution in [1.29, 1.82) is 0 Å². The van der Waals surface area contributed by atoms with Gasteiger partial charge >= 0.3 is 5.97 Å². The van der Waals surface area contributed by atoms with Crippen molar-refractivity contribution in [3.8, 4) is 11.5 Å². The molecule has 2 rings (SSSR count). The van der Waals surface area contributed by atoms with Gasteiger partial charge in [0.15, 0.2) is 17.4 Å². The van der Waals surface area contributed by atoms with Crippen LogP contribution in [0.3, 0.4) is 0 Å². The van der Waals surface area contributed by atoms with Crippen molar-refractivity contribution in [1.82, 2.24) is 0 Å². The minimum atomic E-state index is -1.64. The first kappa shape index (κ1) is 20.3. The van der Waals surface area contributed by atoms with Crippen LogP contribution >= 0.6 is 0 Å². The van der Waals surface area contributed by atoms with Crippen molar-refractivity contribution >= 4 is 11.5 Å². The molecule has 2 aromatic carbocycles. The van der Waals surface area contributed by atoms with E-state index in [-0.39, 0.29) is 11.3 Å². The molecule has 0 aromatic heterocycles. The van der Waals surface area contributed by atoms with Gasteiger partial charge in [-0.1, -0.05) is 12.1 Å². The average molecular weight is 384 g/mol. The fourth-order valence-electron chi connectivity index (χ4n) is 2.30. The molecule has 4 nitrogen and oxygen atoms in total. The Balaban J connectivity index is 2.24. The number of carboxylic acids is 1. The molecule has 0 radical (unpaired) electrons. The summed E-state index contributed by atoms with van der Waals surface area (Å²) in [5, 5.41) is 8.99. The number of halogens is 4. The summed E-state index contributed by atoms with van der Waals surface area (Å²) in [6, 6.07) is 6.00. The maximum absolute atomic E-state index is 13.9. The number of hydrogen-bond acceptors (Lipinski definition) is 3. The molecule has 2 aromatic rings. The predicted molar refractivity (Wildman–Crippen MR) is 89.5 cm³/mol. The van der Waals surface area contributed by atoms with Crippen molar-refractivity contribution in [2.75, 3.05) is 7.11 Å². The molecule has 1 N–H and O–H groups in total. The molecule has 0 amide bonds. The predicted octanol–water partition coefficient (Wildman–Crippen LogP) is 4.71. The lowest BCUT2D eigenvalue weighted by Gasteiger charge is -2.12. The number of carbonyl (C=O) groups is 1. The third kappa shape index (κ3) is 4.05. The molecule has 0 aliphatic heterocycles. The van der Waals surface area contributed by atoms with Gasteiger partial charge in [0.1, 0.15) is 12.4 Å². The van der Waals surface area contributed by atoms with Crippen LogP contribution in [0.2, 0.25) is 0 Å². The third-order valence-electron chi connectivity index (χ3n) is 4.07. The number of ether oxygens (including phenoxy) is 2. The molecule has 0 bridgehead atoms. The van der Waals surface area contributed by atoms with E-state index in [0.717, 1.165) is 7.11 Å². The second-order valence-electron chi connectivity index (χ2n) is 5.64. The van der Waals surface area contributed by atoms with Gasteiger partial charge in [-0.2, -0.15) is 8.78 Å². The highest BCUT2D eigenvalue weighted by molar-refractivity contribution is 5.95. The lowest BCUT2D eigenvalue weighted by atomic mass is 10.0. The van der Waals surface area contributed by atoms with Crippen LogP contribution in [0.5, 0.6) is 11.5 Å². The highest BCUT2D eigenvalue weighted by Gasteiger charge is 2.26. The zero-order chi connectivity index (χ0) is 20.3. The highest BCUT2D eigenvalue weighted by Crippen LogP contribution is 2.30. The maximum Gasteiger partial charge on any atom is 0.331 e. The molecule has 8 heteroatoms. The topological polar surface area (TPSA) is 55.8 Å². The van der Waals surface area contributed by atoms with Gasteiger partial charge in [0.25, 0.3) is 0 Å². The van der Waals surface area contributed by atoms with Crippen LogP contribution in [0, 0.1) is 23.3 Å². The zero-order valence-electron chi connectivity index (χ0n) is 14.7. The summed E-state index contributed by atoms with van der Waals surface area (Å²) < 4.78 is 64.7. The molecular formula is C19H16F4O4. The number of methoxy groups -OCH3 is 1. The standard InChI is InChI=1S/C19H16F4O4/c1-9(10(2)19(24)25)11-4-6-12(7-5-11)27-8-13-14(20)16(22)18(26-3)17(23)15(13)21/h4-7H,8H2,1-3H3,(H,24,25). The minimum absolute atomic E-state index is 0.164. The number of benzene rings is 2. The molecule has 0 spiro atoms. The second kappa shape index (κ2) is 8.11. The Kier molecular flexibility index (Phi) is 6.09. The van der Waals surface area contributed by atoms with Crippen molar-refractivity contribution < 1.29 is 36.9 Å². The minimum Gasteiger partial charge on any atom is -0.491 e. The summed E-state index contributed by atoms with van der Waals surface area (Å²) in [5.41, 5.74) is 0.399. The molecule has 144 valence electrons. The number of aliphatic carboxylic acids is 1. The zero-order valence-corrected chi connectivity index (χ0v) is 14.7. The van der Waals surface area contributed by atoms with Gasteiger partial charge in [-0.05, 0) is 37.1 Å². The van der Waals surface area contributed by atoms with Crippen LogP contribution in [0.15, 0.2) is 29.8 Å². The second-order valence-corrected chi connectivity index (χ2v) is 5.64. The first-order valence-electron chi connectivity index (χ1n) is 7.71. The van der Waals surface area contributed by atoms with Crippen LogP contribution in [0.1, 0.15) is 25.0 Å². The summed E-state index contributed by atoms with van der Waals surface area (Å²) in [6.45, 7) is 2.34. The summed E-state index contributed by atoms with van der Waals surface area (Å²) in [7, 11) is 0.889. The molecule has 0 atom stereocenters. The SMILES string of the molecule is COc1c(F)c(F)c(COc2ccc(C(C)=C(C)C(=O)O)cc2)c(F)c1F. The Morgan fingerprint density at radius 2 is 1.48 bits per heavy atom. The van der Waals surface area contributed by atoms with E-state index in [1.165, 1.54) is 19.1 Å². The van der Waals surface area contributed by atoms with E-state index in [1.807, 2.05) is 0 Å². The van der Waals surface area contributed by atoms with Gasteiger partial charge in [-0.25, -0.2) is 13.6 Å². The normalized spacial score (nSPS) is 11.8. The molecule has 0 saturated carbocycles. The van der Waals surface area contributed by atoms with Gasteiger partial charge in [0.05, 0.1) is 12.7 Å². The van der Waals surface area contributed by atoms with Crippen molar-refractivity contribution in [2.24, 2.45) is 0 Å². The van der Waals surface area contributed by atoms with Crippen LogP contribution in [-0.2, 0) is 11.4 Å². The third-order valence-corrected chi connectivity index (χ3v) is 4.07. The molecule has 0 fully saturated rings. The quantitative estimate of drug-likeness (QED) is 0.445. The van der Waals surface area contributed by atoms with Crippen LogP contribution in [0.4, 0.5) is 17.6 Å². The van der Waals surface area contributed by atoms with E-state index in [9.17, 15) is 22.4 Å². The van der Waals surface area contributed by atoms with Gasteiger partial charge in [-0.15, -0.1) is 0 Å². The molecule has 0 unspecified atom stereocenters. The van der Waals surface area contributed by atoms with Crippen LogP contribution in [-0.4, -0.2) is 18.2 Å². The van der Waals surface area contributed by atoms with Crippen molar-refractivity contribution in [3.63, 3.8) is 0 Å². The number of hydrogen-bond donors (Lipinski definition) is 1. The Labute approximate surface area is 152 Å². The number of carboxylic acid groups (broad SMARTS) is 1. The van der Waals surface area contributed by atoms with Gasteiger partial charge in [0.2, 0.25) is 11.6 Å². The van der Waals surface area contributed by atoms with Crippen LogP contribution in [0.25, 0.3) is 5.57 Å². The molecule has 0 saturated heterocycles. The molecular weight excluding hydrogens is 368 g/mol. The van der Waals surface area contributed by atoms with E-state index in [0.29, 0.717) is 11.1 Å². The maximum atomic E-state index is 13.9. The number of rotatable bonds is 6. The lowest BCUT2D eigenvalue weighted by Crippen LogP contribution is -2.09. The van der Waals surface area contributed by atoms with Crippen molar-refractivity contribution in [3.05, 3.63) is 64.2 Å². The van der Waals surface area contributed by atoms with E-state index in [1.54, 1.807) is 19.1 Å². The number of allylic oxidation sites excluding steroid dienone is 1. The molecule has 0 heterocycles. The Morgan fingerprint density at radius 1 is 0.963 bits per heavy atom. The Morgan fingerprint density at radius 3 is 1.93 bits per heavy atom. The largest absolute Gasteiger partial charge is 0.491 e. The monoisotopic (exact) mass is 384 g/mol. The van der Waals surface area contributed by atoms with E-state index >= 15 is 0 Å². The summed E-state index contributed by atoms with van der Waals surface area (Å²) in [6.07, 6.45) is 0. The smallest absolute Gasteiger partial charge is 0.331 e. The van der Waals surface area contributed by atoms with E-state index < -0.39 is 47.2 Å². The molecule has 0 aliphatic carbocycles. The first-order valence-corrected chi connectivity index (χ1v) is 7.71. The molecule has 27 heavy (non-hydrogen) atoms. The van der Waals surface area contributed by atoms with Crippen LogP contribution < -0.4 is 9.47 Å². The van der Waals surface area contributed by atoms with Crippen molar-refractivity contribution in [2.45, 2.75) is 20.5 Å². The lowest BCUT2D eigenvalue weighted by molar-refractivity contribution is -0.132.